The van der Waals surface area contributed by atoms with Gasteiger partial charge in [-0.15, -0.1) is 0 Å². The van der Waals surface area contributed by atoms with Crippen molar-refractivity contribution in [2.75, 3.05) is 76.3 Å². The van der Waals surface area contributed by atoms with E-state index in [2.05, 4.69) is 33.7 Å². The maximum atomic E-state index is 4.92. The number of nitrogens with zero attached hydrogens (tertiary/aromatic N) is 6. The minimum Gasteiger partial charge on any atom is -0.353 e. The van der Waals surface area contributed by atoms with Gasteiger partial charge >= 0.3 is 0 Å². The van der Waals surface area contributed by atoms with Crippen LogP contribution in [-0.2, 0) is 0 Å². The zero-order valence-corrected chi connectivity index (χ0v) is 19.2. The van der Waals surface area contributed by atoms with E-state index in [0.717, 1.165) is 37.8 Å². The highest BCUT2D eigenvalue weighted by molar-refractivity contribution is 5.63. The number of anilines is 2. The Hall–Kier alpha value is -1.40. The largest absolute Gasteiger partial charge is 0.353 e. The fourth-order valence-electron chi connectivity index (χ4n) is 6.55. The zero-order valence-electron chi connectivity index (χ0n) is 19.2. The summed E-state index contributed by atoms with van der Waals surface area (Å²) in [5.74, 6) is 2.31. The van der Waals surface area contributed by atoms with Crippen molar-refractivity contribution in [2.24, 2.45) is 10.8 Å². The molecule has 5 heterocycles. The molecule has 0 N–H and O–H groups in total. The van der Waals surface area contributed by atoms with Crippen LogP contribution in [0.1, 0.15) is 51.4 Å². The van der Waals surface area contributed by atoms with Crippen molar-refractivity contribution in [3.63, 3.8) is 0 Å². The Kier molecular flexibility index (Phi) is 5.65. The average molecular weight is 413 g/mol. The molecule has 4 aliphatic heterocycles. The molecule has 0 saturated carbocycles. The van der Waals surface area contributed by atoms with Crippen LogP contribution in [0.4, 0.5) is 11.6 Å². The molecule has 2 spiro atoms. The highest BCUT2D eigenvalue weighted by Gasteiger charge is 2.41. The molecule has 0 bridgehead atoms. The lowest BCUT2D eigenvalue weighted by atomic mass is 9.72. The lowest BCUT2D eigenvalue weighted by Gasteiger charge is -2.49. The first-order chi connectivity index (χ1) is 14.6. The molecule has 166 valence electrons. The van der Waals surface area contributed by atoms with Gasteiger partial charge in [-0.25, -0.2) is 9.97 Å². The quantitative estimate of drug-likeness (QED) is 0.743. The van der Waals surface area contributed by atoms with Gasteiger partial charge in [-0.05, 0) is 102 Å². The first kappa shape index (κ1) is 20.5. The van der Waals surface area contributed by atoms with Gasteiger partial charge in [0.15, 0.2) is 11.6 Å². The van der Waals surface area contributed by atoms with E-state index in [1.807, 2.05) is 12.4 Å². The number of hydrogen-bond donors (Lipinski definition) is 0. The van der Waals surface area contributed by atoms with Gasteiger partial charge in [-0.2, -0.15) is 0 Å². The molecule has 0 amide bonds. The number of rotatable bonds is 2. The summed E-state index contributed by atoms with van der Waals surface area (Å²) >= 11 is 0. The van der Waals surface area contributed by atoms with E-state index in [9.17, 15) is 0 Å². The van der Waals surface area contributed by atoms with Crippen LogP contribution in [0.5, 0.6) is 0 Å². The fraction of sp³-hybridized carbons (Fsp3) is 0.833. The smallest absolute Gasteiger partial charge is 0.172 e. The molecule has 0 unspecified atom stereocenters. The standard InChI is InChI=1S/C24H40N6/c1-27-15-7-23(8-16-27)5-3-13-29(19-23)21-22(26-12-11-25-21)30-14-4-6-24(20-30)9-17-28(2)18-10-24/h11-12H,3-10,13-20H2,1-2H3. The van der Waals surface area contributed by atoms with Crippen molar-refractivity contribution in [3.05, 3.63) is 12.4 Å². The lowest BCUT2D eigenvalue weighted by Crippen LogP contribution is -2.51. The highest BCUT2D eigenvalue weighted by atomic mass is 15.3. The fourth-order valence-corrected chi connectivity index (χ4v) is 6.55. The third-order valence-electron chi connectivity index (χ3n) is 8.68. The molecule has 30 heavy (non-hydrogen) atoms. The van der Waals surface area contributed by atoms with E-state index in [4.69, 9.17) is 9.97 Å². The summed E-state index contributed by atoms with van der Waals surface area (Å²) in [6.07, 6.45) is 14.5. The molecule has 4 aliphatic rings. The summed E-state index contributed by atoms with van der Waals surface area (Å²) in [5, 5.41) is 0. The summed E-state index contributed by atoms with van der Waals surface area (Å²) in [5.41, 5.74) is 0.966. The molecule has 5 rings (SSSR count). The minimum absolute atomic E-state index is 0.483. The molecule has 0 radical (unpaired) electrons. The van der Waals surface area contributed by atoms with Crippen LogP contribution in [-0.4, -0.2) is 86.2 Å². The Morgan fingerprint density at radius 1 is 0.600 bits per heavy atom. The van der Waals surface area contributed by atoms with Crippen molar-refractivity contribution < 1.29 is 0 Å². The van der Waals surface area contributed by atoms with Crippen LogP contribution in [0.3, 0.4) is 0 Å². The SMILES string of the molecule is CN1CCC2(CCCN(c3nccnc3N3CCCC4(CCN(C)CC4)C3)C2)CC1. The van der Waals surface area contributed by atoms with Crippen LogP contribution in [0.2, 0.25) is 0 Å². The predicted octanol–water partition coefficient (Wildman–Crippen LogP) is 3.10. The Bertz CT molecular complexity index is 659. The number of piperidine rings is 4. The summed E-state index contributed by atoms with van der Waals surface area (Å²) in [4.78, 5) is 20.0. The second-order valence-corrected chi connectivity index (χ2v) is 10.9. The van der Waals surface area contributed by atoms with Gasteiger partial charge in [0.25, 0.3) is 0 Å². The number of aromatic nitrogens is 2. The van der Waals surface area contributed by atoms with E-state index in [1.165, 1.54) is 77.5 Å². The third-order valence-corrected chi connectivity index (χ3v) is 8.68. The van der Waals surface area contributed by atoms with Gasteiger partial charge in [0.05, 0.1) is 0 Å². The zero-order chi connectivity index (χ0) is 20.6. The van der Waals surface area contributed by atoms with Crippen LogP contribution >= 0.6 is 0 Å². The van der Waals surface area contributed by atoms with Gasteiger partial charge in [0.1, 0.15) is 0 Å². The predicted molar refractivity (Wildman–Crippen MR) is 123 cm³/mol. The topological polar surface area (TPSA) is 38.7 Å². The molecule has 0 aliphatic carbocycles. The van der Waals surface area contributed by atoms with Gasteiger partial charge in [0, 0.05) is 38.6 Å². The van der Waals surface area contributed by atoms with Gasteiger partial charge in [-0.3, -0.25) is 0 Å². The monoisotopic (exact) mass is 412 g/mol. The van der Waals surface area contributed by atoms with E-state index in [0.29, 0.717) is 10.8 Å². The lowest BCUT2D eigenvalue weighted by molar-refractivity contribution is 0.102. The Morgan fingerprint density at radius 2 is 1.00 bits per heavy atom. The Balaban J connectivity index is 1.35. The van der Waals surface area contributed by atoms with Gasteiger partial charge in [-0.1, -0.05) is 0 Å². The van der Waals surface area contributed by atoms with Crippen molar-refractivity contribution in [1.29, 1.82) is 0 Å². The molecular formula is C24H40N6. The molecule has 0 aromatic carbocycles. The van der Waals surface area contributed by atoms with Crippen molar-refractivity contribution >= 4 is 11.6 Å². The van der Waals surface area contributed by atoms with Crippen molar-refractivity contribution in [1.82, 2.24) is 19.8 Å². The molecule has 1 aromatic rings. The number of likely N-dealkylation sites (tertiary alicyclic amines) is 2. The summed E-state index contributed by atoms with van der Waals surface area (Å²) < 4.78 is 0. The maximum absolute atomic E-state index is 4.92. The van der Waals surface area contributed by atoms with Crippen molar-refractivity contribution in [2.45, 2.75) is 51.4 Å². The molecule has 1 aromatic heterocycles. The van der Waals surface area contributed by atoms with Crippen LogP contribution in [0.25, 0.3) is 0 Å². The van der Waals surface area contributed by atoms with Gasteiger partial charge in [0.2, 0.25) is 0 Å². The van der Waals surface area contributed by atoms with Crippen LogP contribution < -0.4 is 9.80 Å². The molecule has 4 fully saturated rings. The van der Waals surface area contributed by atoms with Gasteiger partial charge < -0.3 is 19.6 Å². The number of hydrogen-bond acceptors (Lipinski definition) is 6. The summed E-state index contributed by atoms with van der Waals surface area (Å²) in [6, 6.07) is 0. The second kappa shape index (κ2) is 8.27. The van der Waals surface area contributed by atoms with E-state index >= 15 is 0 Å². The summed E-state index contributed by atoms with van der Waals surface area (Å²) in [7, 11) is 4.53. The van der Waals surface area contributed by atoms with E-state index < -0.39 is 0 Å². The van der Waals surface area contributed by atoms with E-state index in [1.54, 1.807) is 0 Å². The molecule has 6 heteroatoms. The van der Waals surface area contributed by atoms with Crippen molar-refractivity contribution in [3.8, 4) is 0 Å². The minimum atomic E-state index is 0.483. The average Bonchev–Trinajstić information content (AvgIpc) is 2.79. The first-order valence-electron chi connectivity index (χ1n) is 12.2. The molecule has 0 atom stereocenters. The first-order valence-corrected chi connectivity index (χ1v) is 12.2. The summed E-state index contributed by atoms with van der Waals surface area (Å²) in [6.45, 7) is 9.55. The van der Waals surface area contributed by atoms with Crippen LogP contribution in [0, 0.1) is 10.8 Å². The Labute approximate surface area is 182 Å². The molecular weight excluding hydrogens is 372 g/mol. The Morgan fingerprint density at radius 3 is 1.40 bits per heavy atom. The molecule has 6 nitrogen and oxygen atoms in total. The van der Waals surface area contributed by atoms with E-state index in [-0.39, 0.29) is 0 Å². The normalized spacial score (nSPS) is 27.7. The second-order valence-electron chi connectivity index (χ2n) is 10.9. The maximum Gasteiger partial charge on any atom is 0.172 e. The molecule has 4 saturated heterocycles. The van der Waals surface area contributed by atoms with Crippen LogP contribution in [0.15, 0.2) is 12.4 Å². The third kappa shape index (κ3) is 4.05. The highest BCUT2D eigenvalue weighted by Crippen LogP contribution is 2.44.